The molecule has 0 rings (SSSR count). The number of carboxylic acids is 1. The normalized spacial score (nSPS) is 15.0. The largest absolute Gasteiger partial charge is 0.479 e. The minimum Gasteiger partial charge on any atom is -0.479 e. The third-order valence-electron chi connectivity index (χ3n) is 3.50. The van der Waals surface area contributed by atoms with Gasteiger partial charge in [0, 0.05) is 18.5 Å². The highest BCUT2D eigenvalue weighted by Gasteiger charge is 2.23. The number of hydrogen-bond acceptors (Lipinski definition) is 6. The summed E-state index contributed by atoms with van der Waals surface area (Å²) in [6.45, 7) is 14.9. The number of aliphatic carboxylic acids is 1. The number of nitrogens with one attached hydrogen (secondary N) is 1. The van der Waals surface area contributed by atoms with Crippen LogP contribution in [0.1, 0.15) is 68.2 Å². The number of allylic oxidation sites excluding steroid dienone is 3. The van der Waals surface area contributed by atoms with E-state index in [1.165, 1.54) is 0 Å². The predicted molar refractivity (Wildman–Crippen MR) is 126 cm³/mol. The van der Waals surface area contributed by atoms with Gasteiger partial charge in [0.1, 0.15) is 0 Å². The summed E-state index contributed by atoms with van der Waals surface area (Å²) in [5.41, 5.74) is 6.45. The quantitative estimate of drug-likeness (QED) is 0.302. The first-order chi connectivity index (χ1) is 14.7. The molecule has 2 unspecified atom stereocenters. The van der Waals surface area contributed by atoms with Gasteiger partial charge in [-0.25, -0.2) is 4.79 Å². The van der Waals surface area contributed by atoms with Crippen LogP contribution in [0.5, 0.6) is 0 Å². The first-order valence-corrected chi connectivity index (χ1v) is 11.2. The fourth-order valence-electron chi connectivity index (χ4n) is 2.24. The summed E-state index contributed by atoms with van der Waals surface area (Å²) in [6.07, 6.45) is 4.65. The lowest BCUT2D eigenvalue weighted by Gasteiger charge is -2.22. The maximum atomic E-state index is 12.1. The van der Waals surface area contributed by atoms with Crippen molar-refractivity contribution in [3.05, 3.63) is 23.8 Å². The van der Waals surface area contributed by atoms with E-state index < -0.39 is 36.7 Å². The van der Waals surface area contributed by atoms with E-state index in [1.807, 2.05) is 59.8 Å². The van der Waals surface area contributed by atoms with Crippen molar-refractivity contribution in [2.75, 3.05) is 19.8 Å². The maximum absolute atomic E-state index is 12.1. The van der Waals surface area contributed by atoms with Crippen molar-refractivity contribution in [3.8, 4) is 0 Å². The van der Waals surface area contributed by atoms with Gasteiger partial charge < -0.3 is 30.7 Å². The zero-order chi connectivity index (χ0) is 24.8. The van der Waals surface area contributed by atoms with E-state index in [2.05, 4.69) is 5.32 Å². The van der Waals surface area contributed by atoms with Crippen molar-refractivity contribution in [1.29, 1.82) is 0 Å². The molecule has 0 aliphatic heterocycles. The molecule has 0 saturated carbocycles. The minimum absolute atomic E-state index is 0.0173. The van der Waals surface area contributed by atoms with E-state index in [1.54, 1.807) is 13.8 Å². The van der Waals surface area contributed by atoms with Gasteiger partial charge in [-0.3, -0.25) is 4.79 Å². The Morgan fingerprint density at radius 2 is 1.61 bits per heavy atom. The zero-order valence-corrected chi connectivity index (χ0v) is 20.7. The van der Waals surface area contributed by atoms with Crippen molar-refractivity contribution >= 4 is 11.9 Å². The number of rotatable bonds is 14. The summed E-state index contributed by atoms with van der Waals surface area (Å²) < 4.78 is 10.7. The van der Waals surface area contributed by atoms with Gasteiger partial charge in [0.15, 0.2) is 12.2 Å². The van der Waals surface area contributed by atoms with Crippen molar-refractivity contribution in [3.63, 3.8) is 0 Å². The van der Waals surface area contributed by atoms with Crippen LogP contribution in [-0.4, -0.2) is 66.2 Å². The number of carbonyl (C=O) groups is 2. The van der Waals surface area contributed by atoms with Gasteiger partial charge in [0.2, 0.25) is 0 Å². The summed E-state index contributed by atoms with van der Waals surface area (Å²) in [4.78, 5) is 23.6. The highest BCUT2D eigenvalue weighted by molar-refractivity contribution is 5.81. The van der Waals surface area contributed by atoms with Crippen molar-refractivity contribution in [2.45, 2.75) is 92.5 Å². The number of aliphatic hydroxyl groups is 1. The van der Waals surface area contributed by atoms with Crippen LogP contribution in [-0.2, 0) is 19.1 Å². The number of hydrogen-bond donors (Lipinski definition) is 4. The van der Waals surface area contributed by atoms with Crippen LogP contribution in [0.3, 0.4) is 0 Å². The van der Waals surface area contributed by atoms with Crippen LogP contribution >= 0.6 is 0 Å². The Bertz CT molecular complexity index is 506. The molecule has 0 heterocycles. The lowest BCUT2D eigenvalue weighted by molar-refractivity contribution is -0.150. The number of aliphatic hydroxyl groups excluding tert-OH is 1. The Hall–Kier alpha value is -1.74. The zero-order valence-electron chi connectivity index (χ0n) is 20.7. The molecule has 0 spiro atoms. The second kappa shape index (κ2) is 22.9. The maximum Gasteiger partial charge on any atom is 0.333 e. The summed E-state index contributed by atoms with van der Waals surface area (Å²) in [7, 11) is 0. The molecule has 0 fully saturated rings. The van der Waals surface area contributed by atoms with E-state index in [9.17, 15) is 19.8 Å². The lowest BCUT2D eigenvalue weighted by Crippen LogP contribution is -2.46. The Morgan fingerprint density at radius 1 is 1.06 bits per heavy atom. The van der Waals surface area contributed by atoms with Crippen molar-refractivity contribution in [2.24, 2.45) is 5.73 Å². The number of carboxylic acid groups (broad SMARTS) is 1. The third-order valence-corrected chi connectivity index (χ3v) is 3.50. The van der Waals surface area contributed by atoms with Gasteiger partial charge in [-0.2, -0.15) is 0 Å². The number of amides is 1. The van der Waals surface area contributed by atoms with Crippen LogP contribution in [0.15, 0.2) is 23.8 Å². The molecule has 184 valence electrons. The molecule has 8 nitrogen and oxygen atoms in total. The standard InChI is InChI=1S/C19H34N2O6.2C2H6/c1-5-7-15(8-6-2)9-16(19(24)25)27-12-14(4)21-18(23)17(10-22)26-11-13(3)20;2*1-2/h5,7-8,13-14,16-17,22H,6,9-12,20H2,1-4H3,(H,21,23)(H,24,25);2*1-2H3/b7-5-,15-8+;;/t13-,14-,16?,17?;;/m0../s1. The predicted octanol–water partition coefficient (Wildman–Crippen LogP) is 3.04. The molecule has 1 amide bonds. The van der Waals surface area contributed by atoms with Crippen LogP contribution in [0.4, 0.5) is 0 Å². The molecule has 0 saturated heterocycles. The Balaban J connectivity index is -0.00000184. The fraction of sp³-hybridized carbons (Fsp3) is 0.739. The molecule has 0 radical (unpaired) electrons. The molecule has 0 bridgehead atoms. The van der Waals surface area contributed by atoms with Gasteiger partial charge in [-0.15, -0.1) is 0 Å². The summed E-state index contributed by atoms with van der Waals surface area (Å²) in [5, 5.41) is 21.3. The fourth-order valence-corrected chi connectivity index (χ4v) is 2.24. The molecule has 5 N–H and O–H groups in total. The number of ether oxygens (including phenoxy) is 2. The van der Waals surface area contributed by atoms with Gasteiger partial charge in [-0.1, -0.05) is 52.8 Å². The van der Waals surface area contributed by atoms with Crippen LogP contribution < -0.4 is 11.1 Å². The average molecular weight is 447 g/mol. The van der Waals surface area contributed by atoms with E-state index in [4.69, 9.17) is 15.2 Å². The molecule has 8 heteroatoms. The minimum atomic E-state index is -1.06. The Labute approximate surface area is 188 Å². The van der Waals surface area contributed by atoms with E-state index in [-0.39, 0.29) is 25.7 Å². The van der Waals surface area contributed by atoms with Gasteiger partial charge in [0.05, 0.1) is 19.8 Å². The van der Waals surface area contributed by atoms with Crippen molar-refractivity contribution in [1.82, 2.24) is 5.32 Å². The monoisotopic (exact) mass is 446 g/mol. The summed E-state index contributed by atoms with van der Waals surface area (Å²) >= 11 is 0. The van der Waals surface area contributed by atoms with Gasteiger partial charge in [-0.05, 0) is 32.8 Å². The number of nitrogens with two attached hydrogens (primary N) is 1. The SMILES string of the molecule is C/C=C\C(=C/CC)CC(OC[C@H](C)NC(=O)C(CO)OC[C@H](C)N)C(=O)O.CC.CC. The molecule has 0 aliphatic rings. The van der Waals surface area contributed by atoms with Gasteiger partial charge in [0.25, 0.3) is 5.91 Å². The second-order valence-electron chi connectivity index (χ2n) is 6.44. The van der Waals surface area contributed by atoms with E-state index >= 15 is 0 Å². The third kappa shape index (κ3) is 18.7. The molecular formula is C23H46N2O6. The highest BCUT2D eigenvalue weighted by atomic mass is 16.5. The molecule has 0 aromatic rings. The highest BCUT2D eigenvalue weighted by Crippen LogP contribution is 2.12. The molecule has 4 atom stereocenters. The van der Waals surface area contributed by atoms with Crippen LogP contribution in [0.2, 0.25) is 0 Å². The summed E-state index contributed by atoms with van der Waals surface area (Å²) in [5.74, 6) is -1.56. The van der Waals surface area contributed by atoms with E-state index in [0.29, 0.717) is 0 Å². The average Bonchev–Trinajstić information content (AvgIpc) is 2.74. The Kier molecular flexibility index (Phi) is 25.1. The van der Waals surface area contributed by atoms with Crippen LogP contribution in [0.25, 0.3) is 0 Å². The number of carbonyl (C=O) groups excluding carboxylic acids is 1. The van der Waals surface area contributed by atoms with E-state index in [0.717, 1.165) is 12.0 Å². The molecule has 0 aromatic carbocycles. The molecule has 0 aromatic heterocycles. The first-order valence-electron chi connectivity index (χ1n) is 11.2. The Morgan fingerprint density at radius 3 is 2.03 bits per heavy atom. The smallest absolute Gasteiger partial charge is 0.333 e. The lowest BCUT2D eigenvalue weighted by atomic mass is 10.1. The molecule has 31 heavy (non-hydrogen) atoms. The molecular weight excluding hydrogens is 400 g/mol. The van der Waals surface area contributed by atoms with Crippen LogP contribution in [0, 0.1) is 0 Å². The first kappa shape index (κ1) is 33.9. The topological polar surface area (TPSA) is 131 Å². The molecule has 0 aliphatic carbocycles. The summed E-state index contributed by atoms with van der Waals surface area (Å²) in [6, 6.07) is -0.709. The van der Waals surface area contributed by atoms with Crippen molar-refractivity contribution < 1.29 is 29.3 Å². The second-order valence-corrected chi connectivity index (χ2v) is 6.44. The van der Waals surface area contributed by atoms with Gasteiger partial charge >= 0.3 is 5.97 Å².